The van der Waals surface area contributed by atoms with Crippen LogP contribution in [0.5, 0.6) is 5.75 Å². The summed E-state index contributed by atoms with van der Waals surface area (Å²) in [5, 5.41) is 10.1. The number of rotatable bonds is 6. The molecular formula is C30H44N4O5. The molecule has 1 N–H and O–H groups in total. The molecule has 0 fully saturated rings. The molecule has 2 amide bonds. The average molecular weight is 541 g/mol. The van der Waals surface area contributed by atoms with E-state index >= 15 is 0 Å². The number of carbonyl (C=O) groups is 2. The van der Waals surface area contributed by atoms with Crippen LogP contribution in [0.3, 0.4) is 0 Å². The molecule has 214 valence electrons. The Hall–Kier alpha value is -3.17. The average Bonchev–Trinajstić information content (AvgIpc) is 2.93. The molecular weight excluding hydrogens is 496 g/mol. The molecule has 0 bridgehead atoms. The summed E-state index contributed by atoms with van der Waals surface area (Å²) >= 11 is 0. The maximum Gasteiger partial charge on any atom is 0.258 e. The highest BCUT2D eigenvalue weighted by Gasteiger charge is 2.31. The lowest BCUT2D eigenvalue weighted by Crippen LogP contribution is -2.48. The number of ether oxygens (including phenoxy) is 2. The van der Waals surface area contributed by atoms with Crippen molar-refractivity contribution in [2.45, 2.75) is 58.3 Å². The van der Waals surface area contributed by atoms with Crippen LogP contribution in [0.1, 0.15) is 60.7 Å². The minimum Gasteiger partial charge on any atom is -0.490 e. The Bertz CT molecular complexity index is 1080. The Labute approximate surface area is 232 Å². The zero-order valence-corrected chi connectivity index (χ0v) is 24.2. The number of carbonyl (C=O) groups excluding carboxylic acids is 2. The molecule has 3 rings (SSSR count). The van der Waals surface area contributed by atoms with Gasteiger partial charge >= 0.3 is 0 Å². The summed E-state index contributed by atoms with van der Waals surface area (Å²) in [4.78, 5) is 36.4. The molecule has 1 aromatic carbocycles. The van der Waals surface area contributed by atoms with E-state index in [0.29, 0.717) is 36.6 Å². The topological polar surface area (TPSA) is 95.4 Å². The van der Waals surface area contributed by atoms with Gasteiger partial charge in [0.1, 0.15) is 5.75 Å². The highest BCUT2D eigenvalue weighted by molar-refractivity contribution is 5.98. The smallest absolute Gasteiger partial charge is 0.258 e. The zero-order chi connectivity index (χ0) is 28.5. The predicted octanol–water partition coefficient (Wildman–Crippen LogP) is 3.72. The monoisotopic (exact) mass is 540 g/mol. The molecule has 9 nitrogen and oxygen atoms in total. The van der Waals surface area contributed by atoms with Crippen LogP contribution in [0.25, 0.3) is 0 Å². The fraction of sp³-hybridized carbons (Fsp3) is 0.567. The lowest BCUT2D eigenvalue weighted by Gasteiger charge is -2.36. The van der Waals surface area contributed by atoms with Crippen LogP contribution in [0.15, 0.2) is 42.7 Å². The summed E-state index contributed by atoms with van der Waals surface area (Å²) in [5.74, 6) is 0.124. The van der Waals surface area contributed by atoms with E-state index in [2.05, 4.69) is 4.98 Å². The van der Waals surface area contributed by atoms with Crippen molar-refractivity contribution in [3.05, 3.63) is 53.9 Å². The molecule has 1 aliphatic rings. The van der Waals surface area contributed by atoms with Gasteiger partial charge in [0, 0.05) is 70.4 Å². The Morgan fingerprint density at radius 1 is 1.15 bits per heavy atom. The maximum atomic E-state index is 14.1. The van der Waals surface area contributed by atoms with Crippen molar-refractivity contribution >= 4 is 17.5 Å². The molecule has 39 heavy (non-hydrogen) atoms. The second-order valence-corrected chi connectivity index (χ2v) is 10.8. The van der Waals surface area contributed by atoms with E-state index in [1.165, 1.54) is 0 Å². The first-order valence-electron chi connectivity index (χ1n) is 13.8. The Morgan fingerprint density at radius 3 is 2.54 bits per heavy atom. The Morgan fingerprint density at radius 2 is 1.87 bits per heavy atom. The molecule has 2 heterocycles. The van der Waals surface area contributed by atoms with Gasteiger partial charge < -0.3 is 29.3 Å². The van der Waals surface area contributed by atoms with E-state index in [-0.39, 0.29) is 36.5 Å². The molecule has 0 saturated heterocycles. The molecule has 2 aromatic rings. The summed E-state index contributed by atoms with van der Waals surface area (Å²) in [5.41, 5.74) is 1.93. The van der Waals surface area contributed by atoms with Crippen molar-refractivity contribution in [2.24, 2.45) is 5.92 Å². The standard InChI is InChI=1S/C30H44N4O5/c1-21-18-34(22(2)20-35)30(37)26-17-25(32(4)5)10-11-27(26)39-23(3)9-7-8-16-38-28(21)19-33(6)29(36)24-12-14-31-15-13-24/h10-15,17,21-23,28,35H,7-9,16,18-20H2,1-6H3/t21-,22+,23-,28-/m0/s1. The lowest BCUT2D eigenvalue weighted by molar-refractivity contribution is -0.0149. The third kappa shape index (κ3) is 8.16. The van der Waals surface area contributed by atoms with Crippen molar-refractivity contribution in [3.63, 3.8) is 0 Å². The number of hydrogen-bond acceptors (Lipinski definition) is 7. The highest BCUT2D eigenvalue weighted by Crippen LogP contribution is 2.29. The van der Waals surface area contributed by atoms with E-state index in [9.17, 15) is 14.7 Å². The molecule has 0 radical (unpaired) electrons. The van der Waals surface area contributed by atoms with Gasteiger partial charge in [0.2, 0.25) is 0 Å². The summed E-state index contributed by atoms with van der Waals surface area (Å²) in [7, 11) is 5.63. The van der Waals surface area contributed by atoms with Gasteiger partial charge in [-0.15, -0.1) is 0 Å². The largest absolute Gasteiger partial charge is 0.490 e. The van der Waals surface area contributed by atoms with Crippen LogP contribution in [0.4, 0.5) is 5.69 Å². The minimum atomic E-state index is -0.419. The molecule has 1 aromatic heterocycles. The first-order chi connectivity index (χ1) is 18.6. The summed E-state index contributed by atoms with van der Waals surface area (Å²) in [6.07, 6.45) is 5.43. The van der Waals surface area contributed by atoms with Gasteiger partial charge in [0.05, 0.1) is 30.4 Å². The van der Waals surface area contributed by atoms with E-state index in [1.54, 1.807) is 41.4 Å². The van der Waals surface area contributed by atoms with Crippen molar-refractivity contribution in [1.29, 1.82) is 0 Å². The van der Waals surface area contributed by atoms with Crippen LogP contribution >= 0.6 is 0 Å². The van der Waals surface area contributed by atoms with Crippen molar-refractivity contribution in [1.82, 2.24) is 14.8 Å². The van der Waals surface area contributed by atoms with Gasteiger partial charge in [-0.3, -0.25) is 14.6 Å². The Balaban J connectivity index is 1.93. The van der Waals surface area contributed by atoms with Crippen molar-refractivity contribution in [2.75, 3.05) is 52.3 Å². The molecule has 0 unspecified atom stereocenters. The van der Waals surface area contributed by atoms with Crippen molar-refractivity contribution in [3.8, 4) is 5.75 Å². The number of aromatic nitrogens is 1. The van der Waals surface area contributed by atoms with Crippen LogP contribution in [-0.4, -0.2) is 97.4 Å². The molecule has 0 aliphatic carbocycles. The van der Waals surface area contributed by atoms with Crippen LogP contribution < -0.4 is 9.64 Å². The van der Waals surface area contributed by atoms with Crippen molar-refractivity contribution < 1.29 is 24.2 Å². The number of amides is 2. The van der Waals surface area contributed by atoms with E-state index in [4.69, 9.17) is 9.47 Å². The highest BCUT2D eigenvalue weighted by atomic mass is 16.5. The number of fused-ring (bicyclic) bond motifs is 1. The van der Waals surface area contributed by atoms with Crippen LogP contribution in [-0.2, 0) is 4.74 Å². The number of anilines is 1. The number of benzene rings is 1. The van der Waals surface area contributed by atoms with Gasteiger partial charge in [-0.05, 0) is 63.4 Å². The van der Waals surface area contributed by atoms with Gasteiger partial charge in [0.15, 0.2) is 0 Å². The van der Waals surface area contributed by atoms with Gasteiger partial charge in [-0.1, -0.05) is 6.92 Å². The lowest BCUT2D eigenvalue weighted by atomic mass is 10.0. The first kappa shape index (κ1) is 30.4. The number of hydrogen-bond donors (Lipinski definition) is 1. The summed E-state index contributed by atoms with van der Waals surface area (Å²) in [6, 6.07) is 8.64. The third-order valence-corrected chi connectivity index (χ3v) is 7.28. The predicted molar refractivity (Wildman–Crippen MR) is 152 cm³/mol. The van der Waals surface area contributed by atoms with E-state index in [1.807, 2.05) is 58.0 Å². The normalized spacial score (nSPS) is 21.8. The van der Waals surface area contributed by atoms with Crippen LogP contribution in [0.2, 0.25) is 0 Å². The van der Waals surface area contributed by atoms with Crippen LogP contribution in [0, 0.1) is 5.92 Å². The number of pyridine rings is 1. The molecule has 1 aliphatic heterocycles. The number of aliphatic hydroxyl groups is 1. The molecule has 9 heteroatoms. The number of nitrogens with zero attached hydrogens (tertiary/aromatic N) is 4. The Kier molecular flexibility index (Phi) is 11.1. The maximum absolute atomic E-state index is 14.1. The molecule has 0 spiro atoms. The molecule has 4 atom stereocenters. The van der Waals surface area contributed by atoms with E-state index < -0.39 is 6.04 Å². The van der Waals surface area contributed by atoms with Gasteiger partial charge in [0.25, 0.3) is 11.8 Å². The summed E-state index contributed by atoms with van der Waals surface area (Å²) < 4.78 is 12.6. The minimum absolute atomic E-state index is 0.0766. The van der Waals surface area contributed by atoms with E-state index in [0.717, 1.165) is 24.9 Å². The SMILES string of the molecule is C[C@H](CO)N1C[C@H](C)[C@H](CN(C)C(=O)c2ccncc2)OCCCC[C@H](C)Oc2ccc(N(C)C)cc2C1=O. The van der Waals surface area contributed by atoms with Gasteiger partial charge in [-0.25, -0.2) is 0 Å². The first-order valence-corrected chi connectivity index (χ1v) is 13.8. The fourth-order valence-corrected chi connectivity index (χ4v) is 4.72. The zero-order valence-electron chi connectivity index (χ0n) is 24.2. The second kappa shape index (κ2) is 14.3. The van der Waals surface area contributed by atoms with Gasteiger partial charge in [-0.2, -0.15) is 0 Å². The summed E-state index contributed by atoms with van der Waals surface area (Å²) in [6.45, 7) is 6.97. The number of aliphatic hydroxyl groups excluding tert-OH is 1. The number of likely N-dealkylation sites (N-methyl/N-ethyl adjacent to an activating group) is 1. The molecule has 0 saturated carbocycles. The fourth-order valence-electron chi connectivity index (χ4n) is 4.72. The third-order valence-electron chi connectivity index (χ3n) is 7.28. The quantitative estimate of drug-likeness (QED) is 0.597. The second-order valence-electron chi connectivity index (χ2n) is 10.8.